The number of fused-ring (bicyclic) bond motifs is 1. The van der Waals surface area contributed by atoms with Crippen LogP contribution in [0.25, 0.3) is 0 Å². The van der Waals surface area contributed by atoms with Crippen LogP contribution in [-0.4, -0.2) is 41.6 Å². The van der Waals surface area contributed by atoms with Gasteiger partial charge in [0.1, 0.15) is 0 Å². The Labute approximate surface area is 119 Å². The number of nitrogens with one attached hydrogen (secondary N) is 1. The van der Waals surface area contributed by atoms with E-state index in [1.807, 2.05) is 0 Å². The molecule has 0 saturated carbocycles. The third-order valence-electron chi connectivity index (χ3n) is 4.25. The highest BCUT2D eigenvalue weighted by Crippen LogP contribution is 2.30. The maximum atomic E-state index is 13.8. The monoisotopic (exact) mass is 300 g/mol. The lowest BCUT2D eigenvalue weighted by Gasteiger charge is -2.24. The summed E-state index contributed by atoms with van der Waals surface area (Å²) in [5.41, 5.74) is -0.634. The van der Waals surface area contributed by atoms with Gasteiger partial charge in [-0.2, -0.15) is 4.39 Å². The Balaban J connectivity index is 1.86. The number of likely N-dealkylation sites (tertiary alicyclic amines) is 1. The molecule has 2 fully saturated rings. The Bertz CT molecular complexity index is 580. The van der Waals surface area contributed by atoms with E-state index in [0.29, 0.717) is 25.1 Å². The van der Waals surface area contributed by atoms with Crippen molar-refractivity contribution in [3.05, 3.63) is 29.1 Å². The van der Waals surface area contributed by atoms with Gasteiger partial charge in [0.15, 0.2) is 17.4 Å². The lowest BCUT2D eigenvalue weighted by atomic mass is 9.94. The summed E-state index contributed by atoms with van der Waals surface area (Å²) >= 11 is 0. The molecule has 114 valence electrons. The highest BCUT2D eigenvalue weighted by Gasteiger charge is 2.38. The molecule has 1 aromatic carbocycles. The number of carbonyl (C=O) groups excluding carboxylic acids is 1. The molecule has 0 bridgehead atoms. The zero-order chi connectivity index (χ0) is 15.1. The largest absolute Gasteiger partial charge is 0.503 e. The van der Waals surface area contributed by atoms with E-state index in [2.05, 4.69) is 5.32 Å². The van der Waals surface area contributed by atoms with Crippen molar-refractivity contribution in [3.8, 4) is 5.75 Å². The zero-order valence-electron chi connectivity index (χ0n) is 11.2. The van der Waals surface area contributed by atoms with Crippen LogP contribution in [-0.2, 0) is 0 Å². The number of amides is 1. The van der Waals surface area contributed by atoms with E-state index in [1.165, 1.54) is 4.90 Å². The highest BCUT2D eigenvalue weighted by molar-refractivity contribution is 5.95. The number of nitrogens with zero attached hydrogens (tertiary/aromatic N) is 1. The minimum absolute atomic E-state index is 0.157. The van der Waals surface area contributed by atoms with E-state index in [0.717, 1.165) is 19.4 Å². The van der Waals surface area contributed by atoms with Gasteiger partial charge in [0.2, 0.25) is 5.82 Å². The molecule has 2 unspecified atom stereocenters. The Hall–Kier alpha value is -1.76. The first-order chi connectivity index (χ1) is 9.99. The van der Waals surface area contributed by atoms with Crippen LogP contribution in [0.5, 0.6) is 5.75 Å². The highest BCUT2D eigenvalue weighted by atomic mass is 19.2. The van der Waals surface area contributed by atoms with Gasteiger partial charge in [0, 0.05) is 19.1 Å². The van der Waals surface area contributed by atoms with Crippen molar-refractivity contribution < 1.29 is 23.1 Å². The SMILES string of the molecule is O=C(c1cc(F)c(F)c(O)c1F)N1CC2CCCNC2C1. The van der Waals surface area contributed by atoms with Crippen LogP contribution in [0.15, 0.2) is 6.07 Å². The van der Waals surface area contributed by atoms with Gasteiger partial charge in [-0.1, -0.05) is 0 Å². The predicted molar refractivity (Wildman–Crippen MR) is 68.4 cm³/mol. The second-order valence-corrected chi connectivity index (χ2v) is 5.56. The van der Waals surface area contributed by atoms with Crippen molar-refractivity contribution in [1.82, 2.24) is 10.2 Å². The maximum Gasteiger partial charge on any atom is 0.257 e. The molecular weight excluding hydrogens is 285 g/mol. The van der Waals surface area contributed by atoms with Gasteiger partial charge in [0.25, 0.3) is 5.91 Å². The number of carbonyl (C=O) groups is 1. The van der Waals surface area contributed by atoms with Gasteiger partial charge < -0.3 is 15.3 Å². The number of hydrogen-bond acceptors (Lipinski definition) is 3. The maximum absolute atomic E-state index is 13.8. The molecule has 0 aliphatic carbocycles. The van der Waals surface area contributed by atoms with Crippen molar-refractivity contribution in [2.75, 3.05) is 19.6 Å². The minimum Gasteiger partial charge on any atom is -0.503 e. The summed E-state index contributed by atoms with van der Waals surface area (Å²) in [4.78, 5) is 13.7. The van der Waals surface area contributed by atoms with Crippen molar-refractivity contribution in [2.45, 2.75) is 18.9 Å². The van der Waals surface area contributed by atoms with Crippen LogP contribution >= 0.6 is 0 Å². The first-order valence-corrected chi connectivity index (χ1v) is 6.88. The molecular formula is C14H15F3N2O2. The fourth-order valence-electron chi connectivity index (χ4n) is 3.13. The molecule has 0 aromatic heterocycles. The lowest BCUT2D eigenvalue weighted by Crippen LogP contribution is -2.41. The Morgan fingerprint density at radius 1 is 1.29 bits per heavy atom. The molecule has 7 heteroatoms. The van der Waals surface area contributed by atoms with E-state index >= 15 is 0 Å². The van der Waals surface area contributed by atoms with E-state index in [-0.39, 0.29) is 6.04 Å². The molecule has 0 spiro atoms. The summed E-state index contributed by atoms with van der Waals surface area (Å²) in [6, 6.07) is 0.659. The molecule has 21 heavy (non-hydrogen) atoms. The molecule has 4 nitrogen and oxygen atoms in total. The average molecular weight is 300 g/mol. The smallest absolute Gasteiger partial charge is 0.257 e. The Morgan fingerprint density at radius 2 is 2.05 bits per heavy atom. The fraction of sp³-hybridized carbons (Fsp3) is 0.500. The second-order valence-electron chi connectivity index (χ2n) is 5.56. The quantitative estimate of drug-likeness (QED) is 0.775. The van der Waals surface area contributed by atoms with Gasteiger partial charge in [0.05, 0.1) is 5.56 Å². The van der Waals surface area contributed by atoms with Crippen LogP contribution in [0.3, 0.4) is 0 Å². The molecule has 0 radical (unpaired) electrons. The molecule has 1 amide bonds. The summed E-state index contributed by atoms with van der Waals surface area (Å²) in [7, 11) is 0. The van der Waals surface area contributed by atoms with Crippen LogP contribution in [0.1, 0.15) is 23.2 Å². The lowest BCUT2D eigenvalue weighted by molar-refractivity contribution is 0.0779. The van der Waals surface area contributed by atoms with Crippen LogP contribution in [0.2, 0.25) is 0 Å². The second kappa shape index (κ2) is 5.22. The number of hydrogen-bond donors (Lipinski definition) is 2. The molecule has 3 rings (SSSR count). The standard InChI is InChI=1S/C14H15F3N2O2/c15-9-4-8(11(16)13(20)12(9)17)14(21)19-5-7-2-1-3-18-10(7)6-19/h4,7,10,18,20H,1-3,5-6H2. The number of rotatable bonds is 1. The third-order valence-corrected chi connectivity index (χ3v) is 4.25. The van der Waals surface area contributed by atoms with Crippen molar-refractivity contribution in [2.24, 2.45) is 5.92 Å². The topological polar surface area (TPSA) is 52.6 Å². The zero-order valence-corrected chi connectivity index (χ0v) is 11.2. The molecule has 2 aliphatic heterocycles. The van der Waals surface area contributed by atoms with E-state index in [9.17, 15) is 23.1 Å². The van der Waals surface area contributed by atoms with Crippen LogP contribution in [0, 0.1) is 23.4 Å². The van der Waals surface area contributed by atoms with Crippen LogP contribution < -0.4 is 5.32 Å². The Kier molecular flexibility index (Phi) is 3.52. The predicted octanol–water partition coefficient (Wildman–Crippen LogP) is 1.63. The van der Waals surface area contributed by atoms with Gasteiger partial charge in [-0.15, -0.1) is 0 Å². The van der Waals surface area contributed by atoms with Crippen molar-refractivity contribution in [3.63, 3.8) is 0 Å². The third kappa shape index (κ3) is 2.35. The van der Waals surface area contributed by atoms with Gasteiger partial charge >= 0.3 is 0 Å². The summed E-state index contributed by atoms with van der Waals surface area (Å²) in [5, 5.41) is 12.5. The van der Waals surface area contributed by atoms with Crippen LogP contribution in [0.4, 0.5) is 13.2 Å². The summed E-state index contributed by atoms with van der Waals surface area (Å²) in [6.07, 6.45) is 2.00. The summed E-state index contributed by atoms with van der Waals surface area (Å²) in [6.45, 7) is 1.74. The molecule has 2 saturated heterocycles. The first-order valence-electron chi connectivity index (χ1n) is 6.88. The number of halogens is 3. The first kappa shape index (κ1) is 14.2. The molecule has 2 atom stereocenters. The summed E-state index contributed by atoms with van der Waals surface area (Å²) < 4.78 is 40.1. The van der Waals surface area contributed by atoms with Gasteiger partial charge in [-0.05, 0) is 31.4 Å². The van der Waals surface area contributed by atoms with Gasteiger partial charge in [-0.3, -0.25) is 4.79 Å². The summed E-state index contributed by atoms with van der Waals surface area (Å²) in [5.74, 6) is -6.41. The number of piperidine rings is 1. The van der Waals surface area contributed by atoms with E-state index < -0.39 is 34.7 Å². The number of phenolic OH excluding ortho intramolecular Hbond substituents is 1. The van der Waals surface area contributed by atoms with E-state index in [4.69, 9.17) is 0 Å². The van der Waals surface area contributed by atoms with Crippen molar-refractivity contribution >= 4 is 5.91 Å². The number of phenols is 1. The fourth-order valence-corrected chi connectivity index (χ4v) is 3.13. The average Bonchev–Trinajstić information content (AvgIpc) is 2.92. The molecule has 2 heterocycles. The normalized spacial score (nSPS) is 25.0. The molecule has 2 N–H and O–H groups in total. The van der Waals surface area contributed by atoms with Gasteiger partial charge in [-0.25, -0.2) is 8.78 Å². The Morgan fingerprint density at radius 3 is 2.76 bits per heavy atom. The van der Waals surface area contributed by atoms with E-state index in [1.54, 1.807) is 0 Å². The number of benzene rings is 1. The molecule has 1 aromatic rings. The minimum atomic E-state index is -1.68. The van der Waals surface area contributed by atoms with Crippen molar-refractivity contribution in [1.29, 1.82) is 0 Å². The molecule has 2 aliphatic rings. The number of aromatic hydroxyl groups is 1.